The van der Waals surface area contributed by atoms with Gasteiger partial charge in [-0.1, -0.05) is 45.9 Å². The lowest BCUT2D eigenvalue weighted by Gasteiger charge is -2.30. The standard InChI is InChI=1S/C46H57N9O7/c1-25(2)38(51-45(58)61-6)43(56)54-16-8-10-36(54)41-47-23-33(49-41)27-12-14-30-29(20-27)22-32-31-21-28(13-15-35(31)53(40(30)32)18-19-60-5)34-24-48-42(50-34)37-11-9-17-55(37)44(57)39(26(3)4)52-46(59)62-7/h12-15,20-21,23-26,36-39H,8-11,16-19,22H2,1-7H3,(H,47,49)(H,48,50)(H,51,58)(H,52,59)/t36-,37-,38-,39?/m0/s1. The Morgan fingerprint density at radius 1 is 0.758 bits per heavy atom. The zero-order valence-electron chi connectivity index (χ0n) is 36.5. The van der Waals surface area contributed by atoms with Crippen LogP contribution in [-0.2, 0) is 36.8 Å². The van der Waals surface area contributed by atoms with Gasteiger partial charge in [-0.3, -0.25) is 9.59 Å². The molecule has 2 aliphatic heterocycles. The van der Waals surface area contributed by atoms with Crippen LogP contribution in [0.25, 0.3) is 44.7 Å². The summed E-state index contributed by atoms with van der Waals surface area (Å²) in [5.41, 5.74) is 9.70. The zero-order valence-corrected chi connectivity index (χ0v) is 36.5. The summed E-state index contributed by atoms with van der Waals surface area (Å²) in [6.07, 6.45) is 6.39. The molecular weight excluding hydrogens is 791 g/mol. The van der Waals surface area contributed by atoms with E-state index in [1.165, 1.54) is 36.6 Å². The van der Waals surface area contributed by atoms with Crippen molar-refractivity contribution in [1.29, 1.82) is 0 Å². The van der Waals surface area contributed by atoms with E-state index >= 15 is 0 Å². The van der Waals surface area contributed by atoms with E-state index in [1.54, 1.807) is 7.11 Å². The predicted octanol–water partition coefficient (Wildman–Crippen LogP) is 6.73. The summed E-state index contributed by atoms with van der Waals surface area (Å²) >= 11 is 0. The Labute approximate surface area is 361 Å². The molecule has 3 aromatic heterocycles. The molecule has 8 rings (SSSR count). The lowest BCUT2D eigenvalue weighted by Crippen LogP contribution is -2.51. The van der Waals surface area contributed by atoms with Crippen LogP contribution in [0.1, 0.15) is 88.2 Å². The van der Waals surface area contributed by atoms with Crippen LogP contribution >= 0.6 is 0 Å². The molecule has 4 amide bonds. The molecule has 1 aliphatic carbocycles. The van der Waals surface area contributed by atoms with Gasteiger partial charge in [-0.15, -0.1) is 0 Å². The summed E-state index contributed by atoms with van der Waals surface area (Å²) in [5.74, 6) is 0.924. The van der Waals surface area contributed by atoms with Crippen LogP contribution in [0.3, 0.4) is 0 Å². The summed E-state index contributed by atoms with van der Waals surface area (Å²) in [6, 6.07) is 11.2. The molecule has 0 spiro atoms. The summed E-state index contributed by atoms with van der Waals surface area (Å²) in [6.45, 7) is 10.1. The number of fused-ring (bicyclic) bond motifs is 5. The highest BCUT2D eigenvalue weighted by molar-refractivity contribution is 5.98. The molecule has 62 heavy (non-hydrogen) atoms. The van der Waals surface area contributed by atoms with E-state index in [4.69, 9.17) is 24.2 Å². The molecule has 16 nitrogen and oxygen atoms in total. The number of carbonyl (C=O) groups excluding carboxylic acids is 4. The molecule has 5 heterocycles. The summed E-state index contributed by atoms with van der Waals surface area (Å²) in [4.78, 5) is 72.0. The summed E-state index contributed by atoms with van der Waals surface area (Å²) in [7, 11) is 4.31. The number of benzene rings is 2. The van der Waals surface area contributed by atoms with Crippen molar-refractivity contribution in [2.75, 3.05) is 41.0 Å². The molecule has 5 aromatic rings. The number of H-pyrrole nitrogens is 2. The smallest absolute Gasteiger partial charge is 0.407 e. The number of rotatable bonds is 13. The quantitative estimate of drug-likeness (QED) is 0.0978. The molecule has 3 aliphatic rings. The molecule has 4 N–H and O–H groups in total. The molecule has 4 atom stereocenters. The van der Waals surface area contributed by atoms with Gasteiger partial charge >= 0.3 is 12.2 Å². The lowest BCUT2D eigenvalue weighted by molar-refractivity contribution is -0.136. The van der Waals surface area contributed by atoms with Gasteiger partial charge in [-0.05, 0) is 72.4 Å². The zero-order chi connectivity index (χ0) is 43.8. The van der Waals surface area contributed by atoms with Gasteiger partial charge in [-0.2, -0.15) is 0 Å². The first-order chi connectivity index (χ1) is 29.9. The van der Waals surface area contributed by atoms with E-state index in [0.29, 0.717) is 26.2 Å². The van der Waals surface area contributed by atoms with Crippen molar-refractivity contribution in [3.05, 3.63) is 71.6 Å². The fourth-order valence-corrected chi connectivity index (χ4v) is 9.51. The van der Waals surface area contributed by atoms with Gasteiger partial charge in [0.15, 0.2) is 0 Å². The van der Waals surface area contributed by atoms with Gasteiger partial charge in [0.05, 0.1) is 62.4 Å². The molecule has 2 fully saturated rings. The van der Waals surface area contributed by atoms with E-state index in [0.717, 1.165) is 77.2 Å². The van der Waals surface area contributed by atoms with Crippen molar-refractivity contribution in [3.63, 3.8) is 0 Å². The lowest BCUT2D eigenvalue weighted by atomic mass is 10.0. The van der Waals surface area contributed by atoms with Crippen molar-refractivity contribution < 1.29 is 33.4 Å². The van der Waals surface area contributed by atoms with Gasteiger partial charge < -0.3 is 49.2 Å². The molecule has 0 bridgehead atoms. The van der Waals surface area contributed by atoms with Crippen LogP contribution in [0.5, 0.6) is 0 Å². The third-order valence-electron chi connectivity index (χ3n) is 12.7. The number of imidazole rings is 2. The topological polar surface area (TPSA) is 189 Å². The van der Waals surface area contributed by atoms with E-state index in [1.807, 2.05) is 49.9 Å². The third-order valence-corrected chi connectivity index (χ3v) is 12.7. The molecule has 328 valence electrons. The molecule has 0 radical (unpaired) electrons. The molecular formula is C46H57N9O7. The van der Waals surface area contributed by atoms with Crippen LogP contribution in [0, 0.1) is 11.8 Å². The van der Waals surface area contributed by atoms with E-state index in [-0.39, 0.29) is 35.7 Å². The number of alkyl carbamates (subject to hydrolysis) is 2. The van der Waals surface area contributed by atoms with Crippen LogP contribution < -0.4 is 10.6 Å². The second kappa shape index (κ2) is 17.7. The maximum absolute atomic E-state index is 13.8. The SMILES string of the molecule is COCCn1c2c(c3cc(-c4cnc([C@@H]5CCCN5C(=O)C(NC(=O)OC)C(C)C)[nH]4)ccc31)Cc1cc(-c3cnc([C@@H]4CCCN4C(=O)[C@@H](NC(=O)OC)C(C)C)[nH]3)ccc1-2. The number of carbonyl (C=O) groups is 4. The van der Waals surface area contributed by atoms with Crippen molar-refractivity contribution in [2.45, 2.75) is 90.5 Å². The predicted molar refractivity (Wildman–Crippen MR) is 233 cm³/mol. The Kier molecular flexibility index (Phi) is 12.1. The largest absolute Gasteiger partial charge is 0.453 e. The molecule has 2 saturated heterocycles. The Morgan fingerprint density at radius 3 is 1.81 bits per heavy atom. The molecule has 16 heteroatoms. The number of aromatic nitrogens is 5. The van der Waals surface area contributed by atoms with Gasteiger partial charge in [-0.25, -0.2) is 19.6 Å². The molecule has 1 unspecified atom stereocenters. The maximum atomic E-state index is 13.8. The van der Waals surface area contributed by atoms with Crippen molar-refractivity contribution in [2.24, 2.45) is 11.8 Å². The van der Waals surface area contributed by atoms with Crippen molar-refractivity contribution >= 4 is 34.9 Å². The monoisotopic (exact) mass is 847 g/mol. The highest BCUT2D eigenvalue weighted by atomic mass is 16.5. The Bertz CT molecular complexity index is 2480. The van der Waals surface area contributed by atoms with Crippen LogP contribution in [0.4, 0.5) is 9.59 Å². The van der Waals surface area contributed by atoms with Crippen molar-refractivity contribution in [3.8, 4) is 33.8 Å². The average Bonchev–Trinajstić information content (AvgIpc) is 4.13. The highest BCUT2D eigenvalue weighted by Crippen LogP contribution is 2.45. The first-order valence-electron chi connectivity index (χ1n) is 21.6. The number of nitrogens with one attached hydrogen (secondary N) is 4. The minimum Gasteiger partial charge on any atom is -0.453 e. The molecule has 2 aromatic carbocycles. The van der Waals surface area contributed by atoms with Crippen LogP contribution in [0.15, 0.2) is 48.8 Å². The number of amides is 4. The highest BCUT2D eigenvalue weighted by Gasteiger charge is 2.39. The number of hydrogen-bond donors (Lipinski definition) is 4. The number of ether oxygens (including phenoxy) is 3. The van der Waals surface area contributed by atoms with Gasteiger partial charge in [0.1, 0.15) is 23.7 Å². The number of nitrogens with zero attached hydrogens (tertiary/aromatic N) is 5. The Balaban J connectivity index is 1.05. The number of likely N-dealkylation sites (tertiary alicyclic amines) is 2. The van der Waals surface area contributed by atoms with Gasteiger partial charge in [0, 0.05) is 55.2 Å². The summed E-state index contributed by atoms with van der Waals surface area (Å²) < 4.78 is 17.5. The number of methoxy groups -OCH3 is 3. The van der Waals surface area contributed by atoms with Crippen molar-refractivity contribution in [1.82, 2.24) is 44.9 Å². The summed E-state index contributed by atoms with van der Waals surface area (Å²) in [5, 5.41) is 6.60. The van der Waals surface area contributed by atoms with Gasteiger partial charge in [0.2, 0.25) is 11.8 Å². The minimum absolute atomic E-state index is 0.117. The average molecular weight is 848 g/mol. The first kappa shape index (κ1) is 42.5. The van der Waals surface area contributed by atoms with E-state index in [9.17, 15) is 19.2 Å². The Morgan fingerprint density at radius 2 is 1.29 bits per heavy atom. The normalized spacial score (nSPS) is 18.0. The second-order valence-corrected chi connectivity index (χ2v) is 17.2. The second-order valence-electron chi connectivity index (χ2n) is 17.2. The van der Waals surface area contributed by atoms with Crippen LogP contribution in [0.2, 0.25) is 0 Å². The van der Waals surface area contributed by atoms with E-state index < -0.39 is 24.3 Å². The minimum atomic E-state index is -0.705. The number of hydrogen-bond acceptors (Lipinski definition) is 9. The van der Waals surface area contributed by atoms with Gasteiger partial charge in [0.25, 0.3) is 0 Å². The third kappa shape index (κ3) is 7.91. The maximum Gasteiger partial charge on any atom is 0.407 e. The Hall–Kier alpha value is -6.16. The number of aromatic amines is 2. The first-order valence-corrected chi connectivity index (χ1v) is 21.6. The molecule has 0 saturated carbocycles. The van der Waals surface area contributed by atoms with E-state index in [2.05, 4.69) is 61.6 Å². The fraction of sp³-hybridized carbons (Fsp3) is 0.478. The van der Waals surface area contributed by atoms with Crippen LogP contribution in [-0.4, -0.2) is 111 Å². The fourth-order valence-electron chi connectivity index (χ4n) is 9.51.